The van der Waals surface area contributed by atoms with Crippen molar-refractivity contribution in [2.24, 2.45) is 0 Å². The molecule has 2 rings (SSSR count). The predicted octanol–water partition coefficient (Wildman–Crippen LogP) is 2.78. The molecule has 0 aliphatic carbocycles. The van der Waals surface area contributed by atoms with Crippen LogP contribution in [0.2, 0.25) is 5.15 Å². The quantitative estimate of drug-likeness (QED) is 0.799. The highest BCUT2D eigenvalue weighted by Crippen LogP contribution is 2.19. The number of alkyl halides is 3. The van der Waals surface area contributed by atoms with Gasteiger partial charge in [0.25, 0.3) is 5.56 Å². The third kappa shape index (κ3) is 3.25. The molecule has 19 heavy (non-hydrogen) atoms. The van der Waals surface area contributed by atoms with Crippen molar-refractivity contribution in [3.8, 4) is 11.4 Å². The first kappa shape index (κ1) is 13.4. The van der Waals surface area contributed by atoms with Crippen molar-refractivity contribution in [3.63, 3.8) is 0 Å². The van der Waals surface area contributed by atoms with E-state index in [4.69, 9.17) is 11.6 Å². The number of pyridine rings is 2. The van der Waals surface area contributed by atoms with Crippen LogP contribution in [0.3, 0.4) is 0 Å². The van der Waals surface area contributed by atoms with Crippen molar-refractivity contribution < 1.29 is 17.9 Å². The van der Waals surface area contributed by atoms with Gasteiger partial charge in [-0.2, -0.15) is 0 Å². The summed E-state index contributed by atoms with van der Waals surface area (Å²) in [5.41, 5.74) is -0.661. The summed E-state index contributed by atoms with van der Waals surface area (Å²) in [6, 6.07) is 5.07. The summed E-state index contributed by atoms with van der Waals surface area (Å²) in [7, 11) is 0. The van der Waals surface area contributed by atoms with E-state index in [1.807, 2.05) is 0 Å². The second-order valence-corrected chi connectivity index (χ2v) is 3.82. The molecule has 100 valence electrons. The van der Waals surface area contributed by atoms with E-state index in [1.54, 1.807) is 0 Å². The van der Waals surface area contributed by atoms with Crippen LogP contribution in [0, 0.1) is 0 Å². The molecule has 0 aliphatic heterocycles. The van der Waals surface area contributed by atoms with Gasteiger partial charge in [0.15, 0.2) is 5.75 Å². The zero-order valence-corrected chi connectivity index (χ0v) is 9.94. The zero-order valence-electron chi connectivity index (χ0n) is 9.19. The van der Waals surface area contributed by atoms with E-state index in [9.17, 15) is 18.0 Å². The molecule has 0 saturated heterocycles. The number of halogens is 4. The van der Waals surface area contributed by atoms with Crippen LogP contribution >= 0.6 is 11.6 Å². The van der Waals surface area contributed by atoms with Crippen LogP contribution in [0.1, 0.15) is 0 Å². The Morgan fingerprint density at radius 1 is 1.26 bits per heavy atom. The third-order valence-electron chi connectivity index (χ3n) is 2.13. The first-order chi connectivity index (χ1) is 8.87. The minimum atomic E-state index is -4.92. The molecule has 0 spiro atoms. The Labute approximate surface area is 110 Å². The third-order valence-corrected chi connectivity index (χ3v) is 2.35. The van der Waals surface area contributed by atoms with Crippen molar-refractivity contribution in [1.29, 1.82) is 0 Å². The van der Waals surface area contributed by atoms with Gasteiger partial charge in [-0.3, -0.25) is 9.36 Å². The fourth-order valence-corrected chi connectivity index (χ4v) is 1.50. The van der Waals surface area contributed by atoms with Crippen LogP contribution in [0.15, 0.2) is 41.5 Å². The monoisotopic (exact) mass is 290 g/mol. The molecule has 4 nitrogen and oxygen atoms in total. The molecule has 0 aromatic carbocycles. The minimum Gasteiger partial charge on any atom is -0.400 e. The molecule has 2 aromatic rings. The molecule has 0 unspecified atom stereocenters. The first-order valence-corrected chi connectivity index (χ1v) is 5.34. The van der Waals surface area contributed by atoms with Crippen LogP contribution in [-0.4, -0.2) is 15.9 Å². The molecule has 0 aliphatic rings. The molecule has 0 radical (unpaired) electrons. The topological polar surface area (TPSA) is 44.1 Å². The van der Waals surface area contributed by atoms with E-state index in [2.05, 4.69) is 9.72 Å². The Kier molecular flexibility index (Phi) is 3.48. The molecular formula is C11H6ClF3N2O2. The highest BCUT2D eigenvalue weighted by atomic mass is 35.5. The van der Waals surface area contributed by atoms with Gasteiger partial charge in [0.2, 0.25) is 0 Å². The largest absolute Gasteiger partial charge is 0.573 e. The minimum absolute atomic E-state index is 0.208. The zero-order chi connectivity index (χ0) is 14.0. The van der Waals surface area contributed by atoms with Crippen LogP contribution in [-0.2, 0) is 0 Å². The Morgan fingerprint density at radius 2 is 2.00 bits per heavy atom. The lowest BCUT2D eigenvalue weighted by molar-refractivity contribution is -0.275. The average molecular weight is 291 g/mol. The molecule has 0 saturated carbocycles. The number of hydrogen-bond acceptors (Lipinski definition) is 3. The molecule has 0 fully saturated rings. The molecular weight excluding hydrogens is 285 g/mol. The Balaban J connectivity index is 2.46. The molecule has 8 heteroatoms. The van der Waals surface area contributed by atoms with Gasteiger partial charge in [-0.25, -0.2) is 4.98 Å². The highest BCUT2D eigenvalue weighted by Gasteiger charge is 2.32. The Hall–Kier alpha value is -2.02. The van der Waals surface area contributed by atoms with E-state index in [0.29, 0.717) is 0 Å². The summed E-state index contributed by atoms with van der Waals surface area (Å²) in [5, 5.41) is 0.208. The fourth-order valence-electron chi connectivity index (χ4n) is 1.39. The maximum atomic E-state index is 12.1. The maximum Gasteiger partial charge on any atom is 0.573 e. The predicted molar refractivity (Wildman–Crippen MR) is 61.5 cm³/mol. The van der Waals surface area contributed by atoms with Gasteiger partial charge < -0.3 is 4.74 Å². The van der Waals surface area contributed by atoms with E-state index < -0.39 is 17.7 Å². The summed E-state index contributed by atoms with van der Waals surface area (Å²) in [4.78, 5) is 15.6. The SMILES string of the molecule is O=c1c(OC(F)(F)F)cccn1-c1ccc(Cl)nc1. The van der Waals surface area contributed by atoms with Crippen molar-refractivity contribution in [2.75, 3.05) is 0 Å². The summed E-state index contributed by atoms with van der Waals surface area (Å²) in [6.45, 7) is 0. The summed E-state index contributed by atoms with van der Waals surface area (Å²) >= 11 is 5.59. The van der Waals surface area contributed by atoms with Gasteiger partial charge in [0.05, 0.1) is 11.9 Å². The summed E-state index contributed by atoms with van der Waals surface area (Å²) in [5.74, 6) is -0.815. The highest BCUT2D eigenvalue weighted by molar-refractivity contribution is 6.29. The van der Waals surface area contributed by atoms with Gasteiger partial charge in [-0.05, 0) is 24.3 Å². The number of hydrogen-bond donors (Lipinski definition) is 0. The van der Waals surface area contributed by atoms with Crippen LogP contribution in [0.4, 0.5) is 13.2 Å². The number of rotatable bonds is 2. The molecule has 2 aromatic heterocycles. The number of ether oxygens (including phenoxy) is 1. The van der Waals surface area contributed by atoms with Crippen LogP contribution in [0.5, 0.6) is 5.75 Å². The second kappa shape index (κ2) is 4.93. The van der Waals surface area contributed by atoms with E-state index in [-0.39, 0.29) is 10.8 Å². The first-order valence-electron chi connectivity index (χ1n) is 4.96. The Morgan fingerprint density at radius 3 is 2.58 bits per heavy atom. The van der Waals surface area contributed by atoms with Gasteiger partial charge in [0, 0.05) is 6.20 Å². The average Bonchev–Trinajstić information content (AvgIpc) is 2.32. The lowest BCUT2D eigenvalue weighted by Crippen LogP contribution is -2.26. The molecule has 0 N–H and O–H groups in total. The molecule has 0 bridgehead atoms. The number of nitrogens with zero attached hydrogens (tertiary/aromatic N) is 2. The van der Waals surface area contributed by atoms with Crippen LogP contribution in [0.25, 0.3) is 5.69 Å². The fraction of sp³-hybridized carbons (Fsp3) is 0.0909. The maximum absolute atomic E-state index is 12.1. The molecule has 0 amide bonds. The second-order valence-electron chi connectivity index (χ2n) is 3.43. The molecule has 2 heterocycles. The van der Waals surface area contributed by atoms with E-state index in [0.717, 1.165) is 10.6 Å². The Bertz CT molecular complexity index is 638. The van der Waals surface area contributed by atoms with Crippen molar-refractivity contribution in [1.82, 2.24) is 9.55 Å². The van der Waals surface area contributed by atoms with Gasteiger partial charge in [-0.15, -0.1) is 13.2 Å². The van der Waals surface area contributed by atoms with Gasteiger partial charge in [0.1, 0.15) is 5.15 Å². The van der Waals surface area contributed by atoms with Crippen molar-refractivity contribution in [3.05, 3.63) is 52.2 Å². The van der Waals surface area contributed by atoms with Gasteiger partial charge >= 0.3 is 6.36 Å². The normalized spacial score (nSPS) is 11.4. The summed E-state index contributed by atoms with van der Waals surface area (Å²) in [6.07, 6.45) is -2.35. The van der Waals surface area contributed by atoms with Gasteiger partial charge in [-0.1, -0.05) is 11.6 Å². The smallest absolute Gasteiger partial charge is 0.400 e. The van der Waals surface area contributed by atoms with E-state index in [1.165, 1.54) is 30.6 Å². The lowest BCUT2D eigenvalue weighted by Gasteiger charge is -2.10. The number of aromatic nitrogens is 2. The summed E-state index contributed by atoms with van der Waals surface area (Å²) < 4.78 is 40.9. The molecule has 0 atom stereocenters. The lowest BCUT2D eigenvalue weighted by atomic mass is 10.3. The van der Waals surface area contributed by atoms with Crippen molar-refractivity contribution >= 4 is 11.6 Å². The van der Waals surface area contributed by atoms with Crippen LogP contribution < -0.4 is 10.3 Å². The van der Waals surface area contributed by atoms with Crippen molar-refractivity contribution in [2.45, 2.75) is 6.36 Å². The van der Waals surface area contributed by atoms with E-state index >= 15 is 0 Å². The standard InChI is InChI=1S/C11H6ClF3N2O2/c12-9-4-3-7(6-16-9)17-5-1-2-8(10(17)18)19-11(13,14)15/h1-6H.